The molecular formula is C23H28ClN3O5S. The Hall–Kier alpha value is -2.27. The van der Waals surface area contributed by atoms with E-state index in [1.807, 2.05) is 37.3 Å². The van der Waals surface area contributed by atoms with Gasteiger partial charge in [0.1, 0.15) is 36.3 Å². The van der Waals surface area contributed by atoms with Gasteiger partial charge in [-0.25, -0.2) is 0 Å². The first-order valence-electron chi connectivity index (χ1n) is 10.5. The number of hydrazone groups is 1. The number of rotatable bonds is 7. The van der Waals surface area contributed by atoms with Crippen molar-refractivity contribution < 1.29 is 24.8 Å². The Morgan fingerprint density at radius 1 is 1.15 bits per heavy atom. The molecule has 0 unspecified atom stereocenters. The molecule has 0 amide bonds. The van der Waals surface area contributed by atoms with Crippen molar-refractivity contribution in [2.75, 3.05) is 13.7 Å². The fourth-order valence-electron chi connectivity index (χ4n) is 3.53. The lowest BCUT2D eigenvalue weighted by Crippen LogP contribution is -2.54. The molecule has 0 bridgehead atoms. The Morgan fingerprint density at radius 2 is 1.88 bits per heavy atom. The second kappa shape index (κ2) is 11.7. The third-order valence-corrected chi connectivity index (χ3v) is 5.96. The third-order valence-electron chi connectivity index (χ3n) is 5.29. The Balaban J connectivity index is 1.79. The highest BCUT2D eigenvalue weighted by molar-refractivity contribution is 7.80. The molecule has 2 aromatic carbocycles. The number of nitrogens with one attached hydrogen (secondary N) is 2. The Kier molecular flexibility index (Phi) is 9.02. The average molecular weight is 494 g/mol. The summed E-state index contributed by atoms with van der Waals surface area (Å²) in [7, 11) is 1.64. The summed E-state index contributed by atoms with van der Waals surface area (Å²) in [4.78, 5) is 0. The molecule has 8 nitrogen and oxygen atoms in total. The van der Waals surface area contributed by atoms with Gasteiger partial charge in [-0.2, -0.15) is 5.10 Å². The quantitative estimate of drug-likeness (QED) is 0.226. The van der Waals surface area contributed by atoms with Crippen LogP contribution in [0.25, 0.3) is 0 Å². The lowest BCUT2D eigenvalue weighted by molar-refractivity contribution is -0.205. The average Bonchev–Trinajstić information content (AvgIpc) is 2.82. The fourth-order valence-corrected chi connectivity index (χ4v) is 3.76. The van der Waals surface area contributed by atoms with E-state index in [4.69, 9.17) is 33.3 Å². The van der Waals surface area contributed by atoms with Crippen LogP contribution in [0.5, 0.6) is 5.75 Å². The van der Waals surface area contributed by atoms with E-state index < -0.39 is 30.5 Å². The lowest BCUT2D eigenvalue weighted by atomic mass is 9.90. The highest BCUT2D eigenvalue weighted by Gasteiger charge is 2.43. The van der Waals surface area contributed by atoms with Gasteiger partial charge in [0, 0.05) is 12.1 Å². The van der Waals surface area contributed by atoms with Crippen LogP contribution in [0.15, 0.2) is 47.6 Å². The van der Waals surface area contributed by atoms with Gasteiger partial charge < -0.3 is 30.1 Å². The summed E-state index contributed by atoms with van der Waals surface area (Å²) in [6.07, 6.45) is -4.13. The van der Waals surface area contributed by atoms with Crippen molar-refractivity contribution in [3.05, 3.63) is 64.2 Å². The monoisotopic (exact) mass is 493 g/mol. The fraction of sp³-hybridized carbons (Fsp3) is 0.391. The molecule has 10 heteroatoms. The van der Waals surface area contributed by atoms with Crippen LogP contribution in [-0.4, -0.2) is 64.7 Å². The summed E-state index contributed by atoms with van der Waals surface area (Å²) < 4.78 is 11.4. The number of hydrogen-bond acceptors (Lipinski definition) is 7. The molecule has 0 radical (unpaired) electrons. The van der Waals surface area contributed by atoms with Crippen molar-refractivity contribution >= 4 is 35.1 Å². The molecule has 1 fully saturated rings. The van der Waals surface area contributed by atoms with Gasteiger partial charge in [-0.05, 0) is 60.5 Å². The first-order valence-corrected chi connectivity index (χ1v) is 11.3. The molecule has 5 N–H and O–H groups in total. The number of nitrogens with zero attached hydrogens (tertiary/aromatic N) is 1. The standard InChI is InChI=1S/C23H28ClN3O5S/c1-3-31-16-7-4-13(5-8-16)10-15-11-14(6-9-17(15)24)22-21(30)20(29)19(28)18(32-22)12-26-27-23(33)25-2/h4-9,11-12,18-22,28-30H,3,10H2,1-2H3,(H2,25,27,33)/b26-12+/t18-,19-,20+,21-,22+/m1/s1. The summed E-state index contributed by atoms with van der Waals surface area (Å²) in [6, 6.07) is 13.0. The maximum atomic E-state index is 10.6. The van der Waals surface area contributed by atoms with Crippen LogP contribution >= 0.6 is 23.8 Å². The van der Waals surface area contributed by atoms with E-state index in [0.717, 1.165) is 16.9 Å². The number of aliphatic hydroxyl groups is 3. The molecule has 33 heavy (non-hydrogen) atoms. The van der Waals surface area contributed by atoms with Crippen molar-refractivity contribution in [2.45, 2.75) is 43.9 Å². The van der Waals surface area contributed by atoms with Gasteiger partial charge in [-0.1, -0.05) is 35.9 Å². The highest BCUT2D eigenvalue weighted by Crippen LogP contribution is 2.34. The molecule has 0 aliphatic carbocycles. The smallest absolute Gasteiger partial charge is 0.186 e. The van der Waals surface area contributed by atoms with Crippen LogP contribution in [-0.2, 0) is 11.2 Å². The molecule has 1 aliphatic rings. The van der Waals surface area contributed by atoms with Crippen LogP contribution in [0, 0.1) is 0 Å². The van der Waals surface area contributed by atoms with Crippen molar-refractivity contribution in [3.63, 3.8) is 0 Å². The van der Waals surface area contributed by atoms with E-state index >= 15 is 0 Å². The Bertz CT molecular complexity index is 975. The Labute approximate surface area is 203 Å². The third kappa shape index (κ3) is 6.41. The van der Waals surface area contributed by atoms with E-state index in [9.17, 15) is 15.3 Å². The maximum Gasteiger partial charge on any atom is 0.186 e. The zero-order valence-corrected chi connectivity index (χ0v) is 19.9. The Morgan fingerprint density at radius 3 is 2.55 bits per heavy atom. The van der Waals surface area contributed by atoms with Gasteiger partial charge in [-0.15, -0.1) is 0 Å². The molecule has 5 atom stereocenters. The predicted molar refractivity (Wildman–Crippen MR) is 131 cm³/mol. The summed E-state index contributed by atoms with van der Waals surface area (Å²) in [6.45, 7) is 2.53. The molecule has 1 saturated heterocycles. The zero-order valence-electron chi connectivity index (χ0n) is 18.3. The van der Waals surface area contributed by atoms with Crippen LogP contribution in [0.4, 0.5) is 0 Å². The van der Waals surface area contributed by atoms with Crippen LogP contribution < -0.4 is 15.5 Å². The van der Waals surface area contributed by atoms with E-state index in [-0.39, 0.29) is 5.11 Å². The number of ether oxygens (including phenoxy) is 2. The van der Waals surface area contributed by atoms with Gasteiger partial charge in [0.15, 0.2) is 5.11 Å². The minimum Gasteiger partial charge on any atom is -0.494 e. The van der Waals surface area contributed by atoms with Crippen molar-refractivity contribution in [1.29, 1.82) is 0 Å². The van der Waals surface area contributed by atoms with Gasteiger partial charge in [-0.3, -0.25) is 5.43 Å². The molecular weight excluding hydrogens is 466 g/mol. The second-order valence-electron chi connectivity index (χ2n) is 7.57. The van der Waals surface area contributed by atoms with E-state index in [1.54, 1.807) is 19.2 Å². The molecule has 1 aliphatic heterocycles. The number of halogens is 1. The number of benzene rings is 2. The first-order chi connectivity index (χ1) is 15.8. The summed E-state index contributed by atoms with van der Waals surface area (Å²) >= 11 is 11.4. The van der Waals surface area contributed by atoms with Crippen LogP contribution in [0.3, 0.4) is 0 Å². The topological polar surface area (TPSA) is 116 Å². The van der Waals surface area contributed by atoms with E-state index in [1.165, 1.54) is 6.21 Å². The van der Waals surface area contributed by atoms with Crippen molar-refractivity contribution in [1.82, 2.24) is 10.7 Å². The number of aliphatic hydroxyl groups excluding tert-OH is 3. The molecule has 0 spiro atoms. The number of hydrogen-bond donors (Lipinski definition) is 5. The van der Waals surface area contributed by atoms with Gasteiger partial charge >= 0.3 is 0 Å². The van der Waals surface area contributed by atoms with Crippen molar-refractivity contribution in [2.24, 2.45) is 5.10 Å². The van der Waals surface area contributed by atoms with Crippen molar-refractivity contribution in [3.8, 4) is 5.75 Å². The minimum atomic E-state index is -1.43. The molecule has 178 valence electrons. The van der Waals surface area contributed by atoms with E-state index in [2.05, 4.69) is 15.8 Å². The van der Waals surface area contributed by atoms with Gasteiger partial charge in [0.2, 0.25) is 0 Å². The summed E-state index contributed by atoms with van der Waals surface area (Å²) in [5, 5.41) is 38.8. The highest BCUT2D eigenvalue weighted by atomic mass is 35.5. The first kappa shape index (κ1) is 25.4. The second-order valence-corrected chi connectivity index (χ2v) is 8.38. The lowest BCUT2D eigenvalue weighted by Gasteiger charge is -2.39. The molecule has 1 heterocycles. The normalized spacial score (nSPS) is 25.1. The largest absolute Gasteiger partial charge is 0.494 e. The molecule has 0 saturated carbocycles. The van der Waals surface area contributed by atoms with Crippen LogP contribution in [0.1, 0.15) is 29.7 Å². The number of thiocarbonyl (C=S) groups is 1. The van der Waals surface area contributed by atoms with Gasteiger partial charge in [0.05, 0.1) is 12.8 Å². The molecule has 2 aromatic rings. The predicted octanol–water partition coefficient (Wildman–Crippen LogP) is 1.93. The maximum absolute atomic E-state index is 10.6. The van der Waals surface area contributed by atoms with Gasteiger partial charge in [0.25, 0.3) is 0 Å². The zero-order chi connectivity index (χ0) is 24.0. The summed E-state index contributed by atoms with van der Waals surface area (Å²) in [5.74, 6) is 0.796. The SMILES string of the molecule is CCOc1ccc(Cc2cc([C@@H]3O[C@H](/C=N/NC(=S)NC)[C@@H](O)[C@H](O)[C@H]3O)ccc2Cl)cc1. The van der Waals surface area contributed by atoms with Crippen LogP contribution in [0.2, 0.25) is 5.02 Å². The molecule has 0 aromatic heterocycles. The minimum absolute atomic E-state index is 0.283. The van der Waals surface area contributed by atoms with E-state index in [0.29, 0.717) is 23.6 Å². The molecule has 3 rings (SSSR count). The summed E-state index contributed by atoms with van der Waals surface area (Å²) in [5.41, 5.74) is 5.06.